The number of benzene rings is 1. The predicted octanol–water partition coefficient (Wildman–Crippen LogP) is 4.06. The van der Waals surface area contributed by atoms with Crippen molar-refractivity contribution >= 4 is 17.5 Å². The van der Waals surface area contributed by atoms with Crippen molar-refractivity contribution in [2.75, 3.05) is 0 Å². The summed E-state index contributed by atoms with van der Waals surface area (Å²) in [5.74, 6) is 1.63. The van der Waals surface area contributed by atoms with E-state index in [0.29, 0.717) is 12.6 Å². The molecule has 1 heterocycles. The van der Waals surface area contributed by atoms with E-state index in [-0.39, 0.29) is 5.91 Å². The molecule has 3 nitrogen and oxygen atoms in total. The minimum Gasteiger partial charge on any atom is -0.464 e. The van der Waals surface area contributed by atoms with Crippen LogP contribution in [0.1, 0.15) is 35.3 Å². The molecule has 2 aromatic rings. The van der Waals surface area contributed by atoms with E-state index in [1.54, 1.807) is 0 Å². The molecule has 110 valence electrons. The van der Waals surface area contributed by atoms with Crippen molar-refractivity contribution in [1.29, 1.82) is 0 Å². The van der Waals surface area contributed by atoms with Gasteiger partial charge in [0.05, 0.1) is 6.54 Å². The minimum absolute atomic E-state index is 0.0422. The third kappa shape index (κ3) is 3.30. The third-order valence-corrected chi connectivity index (χ3v) is 4.14. The summed E-state index contributed by atoms with van der Waals surface area (Å²) in [5.41, 5.74) is 0.838. The second-order valence-electron chi connectivity index (χ2n) is 5.48. The largest absolute Gasteiger partial charge is 0.464 e. The van der Waals surface area contributed by atoms with E-state index in [2.05, 4.69) is 0 Å². The molecule has 1 amide bonds. The first kappa shape index (κ1) is 14.2. The van der Waals surface area contributed by atoms with Gasteiger partial charge in [0.15, 0.2) is 0 Å². The Bertz CT molecular complexity index is 619. The molecular weight excluding hydrogens is 286 g/mol. The Balaban J connectivity index is 1.76. The van der Waals surface area contributed by atoms with Crippen LogP contribution in [0.3, 0.4) is 0 Å². The Morgan fingerprint density at radius 2 is 2.00 bits per heavy atom. The highest BCUT2D eigenvalue weighted by molar-refractivity contribution is 6.30. The lowest BCUT2D eigenvalue weighted by Gasteiger charge is -2.24. The highest BCUT2D eigenvalue weighted by Gasteiger charge is 2.36. The Morgan fingerprint density at radius 1 is 1.29 bits per heavy atom. The maximum Gasteiger partial charge on any atom is 0.245 e. The highest BCUT2D eigenvalue weighted by atomic mass is 35.5. The number of alkyl halides is 1. The van der Waals surface area contributed by atoms with Crippen molar-refractivity contribution in [3.05, 3.63) is 59.5 Å². The van der Waals surface area contributed by atoms with Gasteiger partial charge in [0.2, 0.25) is 5.91 Å². The molecule has 0 N–H and O–H groups in total. The summed E-state index contributed by atoms with van der Waals surface area (Å²) in [6.45, 7) is 2.40. The molecule has 1 saturated carbocycles. The van der Waals surface area contributed by atoms with Crippen molar-refractivity contribution in [3.63, 3.8) is 0 Å². The van der Waals surface area contributed by atoms with Gasteiger partial charge in [-0.2, -0.15) is 0 Å². The van der Waals surface area contributed by atoms with Gasteiger partial charge in [0.1, 0.15) is 16.9 Å². The van der Waals surface area contributed by atoms with Crippen LogP contribution in [0.15, 0.2) is 46.9 Å². The fraction of sp³-hybridized carbons (Fsp3) is 0.353. The topological polar surface area (TPSA) is 33.5 Å². The quantitative estimate of drug-likeness (QED) is 0.781. The predicted molar refractivity (Wildman–Crippen MR) is 82.1 cm³/mol. The zero-order valence-corrected chi connectivity index (χ0v) is 12.7. The van der Waals surface area contributed by atoms with E-state index >= 15 is 0 Å². The summed E-state index contributed by atoms with van der Waals surface area (Å²) < 4.78 is 5.59. The smallest absolute Gasteiger partial charge is 0.245 e. The van der Waals surface area contributed by atoms with E-state index in [0.717, 1.165) is 29.9 Å². The number of carbonyl (C=O) groups excluding carboxylic acids is 1. The summed E-state index contributed by atoms with van der Waals surface area (Å²) in [5, 5.41) is -0.636. The molecule has 1 fully saturated rings. The maximum absolute atomic E-state index is 12.7. The van der Waals surface area contributed by atoms with Crippen LogP contribution in [-0.2, 0) is 11.3 Å². The van der Waals surface area contributed by atoms with Gasteiger partial charge in [-0.15, -0.1) is 11.6 Å². The molecular formula is C17H18ClNO2. The molecule has 1 aromatic carbocycles. The van der Waals surface area contributed by atoms with Gasteiger partial charge in [0.25, 0.3) is 0 Å². The van der Waals surface area contributed by atoms with E-state index in [1.807, 2.05) is 54.3 Å². The molecule has 1 aliphatic rings. The van der Waals surface area contributed by atoms with Gasteiger partial charge in [-0.25, -0.2) is 0 Å². The number of amides is 1. The number of hydrogen-bond acceptors (Lipinski definition) is 2. The van der Waals surface area contributed by atoms with E-state index in [1.165, 1.54) is 0 Å². The summed E-state index contributed by atoms with van der Waals surface area (Å²) in [4.78, 5) is 14.5. The standard InChI is InChI=1S/C17H18ClNO2/c1-12-7-10-15(21-12)11-19(14-8-9-14)17(20)16(18)13-5-3-2-4-6-13/h2-7,10,14,16H,8-9,11H2,1H3. The lowest BCUT2D eigenvalue weighted by atomic mass is 10.1. The van der Waals surface area contributed by atoms with Crippen LogP contribution in [-0.4, -0.2) is 16.8 Å². The van der Waals surface area contributed by atoms with Crippen LogP contribution < -0.4 is 0 Å². The second-order valence-corrected chi connectivity index (χ2v) is 5.92. The van der Waals surface area contributed by atoms with Crippen molar-refractivity contribution in [3.8, 4) is 0 Å². The number of hydrogen-bond donors (Lipinski definition) is 0. The molecule has 4 heteroatoms. The lowest BCUT2D eigenvalue weighted by Crippen LogP contribution is -2.34. The van der Waals surface area contributed by atoms with Gasteiger partial charge in [-0.1, -0.05) is 30.3 Å². The summed E-state index contributed by atoms with van der Waals surface area (Å²) >= 11 is 6.37. The number of halogens is 1. The lowest BCUT2D eigenvalue weighted by molar-refractivity contribution is -0.132. The molecule has 0 saturated heterocycles. The van der Waals surface area contributed by atoms with E-state index in [4.69, 9.17) is 16.0 Å². The molecule has 0 spiro atoms. The summed E-state index contributed by atoms with van der Waals surface area (Å²) in [6.07, 6.45) is 2.09. The Kier molecular flexibility index (Phi) is 4.02. The van der Waals surface area contributed by atoms with Crippen LogP contribution in [0.25, 0.3) is 0 Å². The summed E-state index contributed by atoms with van der Waals surface area (Å²) in [7, 11) is 0. The van der Waals surface area contributed by atoms with Crippen LogP contribution >= 0.6 is 11.6 Å². The number of nitrogens with zero attached hydrogens (tertiary/aromatic N) is 1. The third-order valence-electron chi connectivity index (χ3n) is 3.70. The first-order chi connectivity index (χ1) is 10.1. The van der Waals surface area contributed by atoms with Gasteiger partial charge in [0, 0.05) is 6.04 Å². The minimum atomic E-state index is -0.636. The molecule has 1 aliphatic carbocycles. The average Bonchev–Trinajstić information content (AvgIpc) is 3.27. The van der Waals surface area contributed by atoms with Crippen molar-refractivity contribution in [2.45, 2.75) is 37.7 Å². The molecule has 0 radical (unpaired) electrons. The number of carbonyl (C=O) groups is 1. The molecule has 0 aliphatic heterocycles. The fourth-order valence-electron chi connectivity index (χ4n) is 2.42. The SMILES string of the molecule is Cc1ccc(CN(C(=O)C(Cl)c2ccccc2)C2CC2)o1. The maximum atomic E-state index is 12.7. The van der Waals surface area contributed by atoms with Gasteiger partial charge < -0.3 is 9.32 Å². The average molecular weight is 304 g/mol. The molecule has 1 unspecified atom stereocenters. The second kappa shape index (κ2) is 5.94. The van der Waals surface area contributed by atoms with Gasteiger partial charge in [-0.3, -0.25) is 4.79 Å². The zero-order chi connectivity index (χ0) is 14.8. The Labute approximate surface area is 129 Å². The van der Waals surface area contributed by atoms with Crippen LogP contribution in [0.2, 0.25) is 0 Å². The normalized spacial score (nSPS) is 15.7. The summed E-state index contributed by atoms with van der Waals surface area (Å²) in [6, 6.07) is 13.6. The first-order valence-corrected chi connectivity index (χ1v) is 7.63. The fourth-order valence-corrected chi connectivity index (χ4v) is 2.69. The molecule has 21 heavy (non-hydrogen) atoms. The molecule has 0 bridgehead atoms. The number of rotatable bonds is 5. The van der Waals surface area contributed by atoms with E-state index in [9.17, 15) is 4.79 Å². The van der Waals surface area contributed by atoms with Crippen LogP contribution in [0, 0.1) is 6.92 Å². The number of furan rings is 1. The number of aryl methyl sites for hydroxylation is 1. The van der Waals surface area contributed by atoms with Crippen LogP contribution in [0.5, 0.6) is 0 Å². The highest BCUT2D eigenvalue weighted by Crippen LogP contribution is 2.33. The Morgan fingerprint density at radius 3 is 2.57 bits per heavy atom. The monoisotopic (exact) mass is 303 g/mol. The zero-order valence-electron chi connectivity index (χ0n) is 12.0. The molecule has 3 rings (SSSR count). The Hall–Kier alpha value is -1.74. The molecule has 1 atom stereocenters. The molecule has 1 aromatic heterocycles. The van der Waals surface area contributed by atoms with Crippen molar-refractivity contribution in [1.82, 2.24) is 4.90 Å². The van der Waals surface area contributed by atoms with Crippen molar-refractivity contribution in [2.24, 2.45) is 0 Å². The van der Waals surface area contributed by atoms with Crippen LogP contribution in [0.4, 0.5) is 0 Å². The van der Waals surface area contributed by atoms with Gasteiger partial charge in [-0.05, 0) is 37.5 Å². The first-order valence-electron chi connectivity index (χ1n) is 7.20. The van der Waals surface area contributed by atoms with Crippen molar-refractivity contribution < 1.29 is 9.21 Å². The van der Waals surface area contributed by atoms with Gasteiger partial charge >= 0.3 is 0 Å². The van der Waals surface area contributed by atoms with E-state index < -0.39 is 5.38 Å².